The molecule has 0 amide bonds. The van der Waals surface area contributed by atoms with Crippen LogP contribution in [0.1, 0.15) is 30.9 Å². The van der Waals surface area contributed by atoms with E-state index in [4.69, 9.17) is 15.2 Å². The van der Waals surface area contributed by atoms with Gasteiger partial charge >= 0.3 is 5.97 Å². The van der Waals surface area contributed by atoms with Gasteiger partial charge in [0, 0.05) is 19.6 Å². The van der Waals surface area contributed by atoms with Crippen LogP contribution in [0, 0.1) is 0 Å². The third-order valence-corrected chi connectivity index (χ3v) is 2.92. The van der Waals surface area contributed by atoms with Gasteiger partial charge in [-0.05, 0) is 30.9 Å². The Balaban J connectivity index is 2.47. The van der Waals surface area contributed by atoms with Crippen molar-refractivity contribution in [3.63, 3.8) is 0 Å². The number of nitrogens with two attached hydrogens (primary N) is 1. The third kappa shape index (κ3) is 5.85. The van der Waals surface area contributed by atoms with E-state index in [9.17, 15) is 4.79 Å². The van der Waals surface area contributed by atoms with Crippen molar-refractivity contribution >= 4 is 5.97 Å². The lowest BCUT2D eigenvalue weighted by Crippen LogP contribution is -2.24. The molecule has 1 aromatic rings. The van der Waals surface area contributed by atoms with Gasteiger partial charge < -0.3 is 15.2 Å². The molecule has 0 spiro atoms. The van der Waals surface area contributed by atoms with E-state index in [2.05, 4.69) is 6.07 Å². The summed E-state index contributed by atoms with van der Waals surface area (Å²) in [6.45, 7) is 2.81. The molecule has 0 fully saturated rings. The summed E-state index contributed by atoms with van der Waals surface area (Å²) in [4.78, 5) is 11.3. The van der Waals surface area contributed by atoms with Crippen LogP contribution >= 0.6 is 0 Å². The third-order valence-electron chi connectivity index (χ3n) is 2.92. The van der Waals surface area contributed by atoms with E-state index in [1.807, 2.05) is 18.2 Å². The van der Waals surface area contributed by atoms with Crippen LogP contribution in [-0.2, 0) is 27.3 Å². The highest BCUT2D eigenvalue weighted by molar-refractivity contribution is 5.69. The van der Waals surface area contributed by atoms with Gasteiger partial charge in [-0.2, -0.15) is 0 Å². The zero-order valence-corrected chi connectivity index (χ0v) is 11.7. The molecule has 0 aliphatic rings. The molecule has 4 heteroatoms. The Morgan fingerprint density at radius 3 is 2.63 bits per heavy atom. The van der Waals surface area contributed by atoms with Gasteiger partial charge in [0.1, 0.15) is 0 Å². The molecule has 19 heavy (non-hydrogen) atoms. The highest BCUT2D eigenvalue weighted by atomic mass is 16.5. The fraction of sp³-hybridized carbons (Fsp3) is 0.533. The lowest BCUT2D eigenvalue weighted by Gasteiger charge is -2.14. The van der Waals surface area contributed by atoms with E-state index in [0.29, 0.717) is 26.1 Å². The Bertz CT molecular complexity index is 393. The monoisotopic (exact) mass is 265 g/mol. The van der Waals surface area contributed by atoms with Crippen molar-refractivity contribution in [2.75, 3.05) is 13.7 Å². The van der Waals surface area contributed by atoms with Gasteiger partial charge in [0.25, 0.3) is 0 Å². The number of ether oxygens (including phenoxy) is 2. The number of methoxy groups -OCH3 is 1. The molecular formula is C15H23NO3. The average molecular weight is 265 g/mol. The van der Waals surface area contributed by atoms with Gasteiger partial charge in [0.15, 0.2) is 0 Å². The molecule has 0 aliphatic heterocycles. The number of esters is 1. The summed E-state index contributed by atoms with van der Waals surface area (Å²) in [7, 11) is 1.68. The number of hydrogen-bond acceptors (Lipinski definition) is 4. The second-order valence-electron chi connectivity index (χ2n) is 4.51. The summed E-state index contributed by atoms with van der Waals surface area (Å²) in [5.41, 5.74) is 8.40. The van der Waals surface area contributed by atoms with E-state index in [1.165, 1.54) is 5.56 Å². The van der Waals surface area contributed by atoms with Crippen LogP contribution < -0.4 is 5.73 Å². The molecule has 0 aromatic heterocycles. The highest BCUT2D eigenvalue weighted by Gasteiger charge is 2.10. The maximum absolute atomic E-state index is 11.3. The molecule has 0 heterocycles. The topological polar surface area (TPSA) is 61.5 Å². The maximum atomic E-state index is 11.3. The van der Waals surface area contributed by atoms with Crippen LogP contribution in [0.4, 0.5) is 0 Å². The minimum Gasteiger partial charge on any atom is -0.466 e. The van der Waals surface area contributed by atoms with Crippen LogP contribution in [0.15, 0.2) is 24.3 Å². The van der Waals surface area contributed by atoms with Gasteiger partial charge in [0.05, 0.1) is 13.2 Å². The van der Waals surface area contributed by atoms with E-state index >= 15 is 0 Å². The lowest BCUT2D eigenvalue weighted by molar-refractivity contribution is -0.143. The summed E-state index contributed by atoms with van der Waals surface area (Å²) in [6.07, 6.45) is 1.76. The van der Waals surface area contributed by atoms with Crippen molar-refractivity contribution < 1.29 is 14.3 Å². The van der Waals surface area contributed by atoms with Crippen LogP contribution in [0.5, 0.6) is 0 Å². The number of hydrogen-bond donors (Lipinski definition) is 1. The Kier molecular flexibility index (Phi) is 7.15. The molecule has 0 bridgehead atoms. The first-order valence-corrected chi connectivity index (χ1v) is 6.64. The van der Waals surface area contributed by atoms with Crippen LogP contribution in [0.2, 0.25) is 0 Å². The highest BCUT2D eigenvalue weighted by Crippen LogP contribution is 2.13. The molecule has 1 unspecified atom stereocenters. The molecule has 0 aliphatic carbocycles. The Morgan fingerprint density at radius 2 is 2.00 bits per heavy atom. The first kappa shape index (κ1) is 15.7. The standard InChI is InChI=1S/C15H23NO3/c1-3-19-15(17)9-8-14(16)10-12-6-4-5-7-13(12)11-18-2/h4-7,14H,3,8-11,16H2,1-2H3. The zero-order chi connectivity index (χ0) is 14.1. The van der Waals surface area contributed by atoms with E-state index in [0.717, 1.165) is 12.0 Å². The van der Waals surface area contributed by atoms with Gasteiger partial charge in [-0.25, -0.2) is 0 Å². The van der Waals surface area contributed by atoms with Crippen molar-refractivity contribution in [1.82, 2.24) is 0 Å². The van der Waals surface area contributed by atoms with Crippen molar-refractivity contribution in [2.24, 2.45) is 5.73 Å². The van der Waals surface area contributed by atoms with E-state index < -0.39 is 0 Å². The van der Waals surface area contributed by atoms with Crippen LogP contribution in [-0.4, -0.2) is 25.7 Å². The molecule has 106 valence electrons. The number of carbonyl (C=O) groups excluding carboxylic acids is 1. The number of rotatable bonds is 8. The first-order valence-electron chi connectivity index (χ1n) is 6.64. The smallest absolute Gasteiger partial charge is 0.305 e. The van der Waals surface area contributed by atoms with E-state index in [-0.39, 0.29) is 12.0 Å². The van der Waals surface area contributed by atoms with Gasteiger partial charge in [-0.3, -0.25) is 4.79 Å². The molecule has 1 aromatic carbocycles. The summed E-state index contributed by atoms with van der Waals surface area (Å²) >= 11 is 0. The van der Waals surface area contributed by atoms with Gasteiger partial charge in [-0.1, -0.05) is 24.3 Å². The molecule has 1 atom stereocenters. The largest absolute Gasteiger partial charge is 0.466 e. The molecule has 0 saturated carbocycles. The van der Waals surface area contributed by atoms with Gasteiger partial charge in [-0.15, -0.1) is 0 Å². The maximum Gasteiger partial charge on any atom is 0.305 e. The minimum absolute atomic E-state index is 0.0394. The minimum atomic E-state index is -0.178. The molecule has 1 rings (SSSR count). The summed E-state index contributed by atoms with van der Waals surface area (Å²) in [5, 5.41) is 0. The summed E-state index contributed by atoms with van der Waals surface area (Å²) in [6, 6.07) is 8.03. The lowest BCUT2D eigenvalue weighted by atomic mass is 9.98. The second kappa shape index (κ2) is 8.67. The van der Waals surface area contributed by atoms with Crippen LogP contribution in [0.25, 0.3) is 0 Å². The normalized spacial score (nSPS) is 12.2. The van der Waals surface area contributed by atoms with E-state index in [1.54, 1.807) is 14.0 Å². The SMILES string of the molecule is CCOC(=O)CCC(N)Cc1ccccc1COC. The molecular weight excluding hydrogens is 242 g/mol. The van der Waals surface area contributed by atoms with Crippen LogP contribution in [0.3, 0.4) is 0 Å². The Labute approximate surface area is 114 Å². The average Bonchev–Trinajstić information content (AvgIpc) is 2.39. The van der Waals surface area contributed by atoms with Crippen molar-refractivity contribution in [3.8, 4) is 0 Å². The Hall–Kier alpha value is -1.39. The number of benzene rings is 1. The predicted octanol–water partition coefficient (Wildman–Crippen LogP) is 2.05. The van der Waals surface area contributed by atoms with Crippen molar-refractivity contribution in [3.05, 3.63) is 35.4 Å². The van der Waals surface area contributed by atoms with Crippen molar-refractivity contribution in [1.29, 1.82) is 0 Å². The van der Waals surface area contributed by atoms with Crippen molar-refractivity contribution in [2.45, 2.75) is 38.8 Å². The Morgan fingerprint density at radius 1 is 1.32 bits per heavy atom. The predicted molar refractivity (Wildman–Crippen MR) is 74.7 cm³/mol. The summed E-state index contributed by atoms with van der Waals surface area (Å²) in [5.74, 6) is -0.178. The fourth-order valence-electron chi connectivity index (χ4n) is 1.97. The fourth-order valence-corrected chi connectivity index (χ4v) is 1.97. The summed E-state index contributed by atoms with van der Waals surface area (Å²) < 4.78 is 10.1. The quantitative estimate of drug-likeness (QED) is 0.731. The molecule has 4 nitrogen and oxygen atoms in total. The zero-order valence-electron chi connectivity index (χ0n) is 11.7. The first-order chi connectivity index (χ1) is 9.17. The molecule has 0 radical (unpaired) electrons. The molecule has 0 saturated heterocycles. The number of carbonyl (C=O) groups is 1. The van der Waals surface area contributed by atoms with Gasteiger partial charge in [0.2, 0.25) is 0 Å². The molecule has 2 N–H and O–H groups in total. The second-order valence-corrected chi connectivity index (χ2v) is 4.51.